The van der Waals surface area contributed by atoms with E-state index in [1.54, 1.807) is 0 Å². The lowest BCUT2D eigenvalue weighted by atomic mass is 9.71. The zero-order valence-corrected chi connectivity index (χ0v) is 14.6. The monoisotopic (exact) mass is 348 g/mol. The van der Waals surface area contributed by atoms with Crippen LogP contribution in [0, 0.1) is 5.92 Å². The predicted molar refractivity (Wildman–Crippen MR) is 98.2 cm³/mol. The summed E-state index contributed by atoms with van der Waals surface area (Å²) in [5.41, 5.74) is 2.03. The third-order valence-corrected chi connectivity index (χ3v) is 4.81. The topological polar surface area (TPSA) is 61.3 Å². The van der Waals surface area contributed by atoms with Crippen LogP contribution >= 0.6 is 0 Å². The number of rotatable bonds is 5. The lowest BCUT2D eigenvalue weighted by Crippen LogP contribution is -2.30. The Morgan fingerprint density at radius 3 is 2.69 bits per heavy atom. The first-order chi connectivity index (χ1) is 12.7. The van der Waals surface area contributed by atoms with Crippen molar-refractivity contribution in [3.63, 3.8) is 0 Å². The summed E-state index contributed by atoms with van der Waals surface area (Å²) < 4.78 is 11.1. The van der Waals surface area contributed by atoms with E-state index in [0.29, 0.717) is 18.4 Å². The SMILES string of the molecule is CCOC(=O)C1CC(c2ccc3ncnc(Oc4ccccc4)c3c2)C1. The van der Waals surface area contributed by atoms with Crippen molar-refractivity contribution < 1.29 is 14.3 Å². The molecule has 1 saturated carbocycles. The van der Waals surface area contributed by atoms with E-state index in [1.165, 1.54) is 11.9 Å². The van der Waals surface area contributed by atoms with Gasteiger partial charge in [0.2, 0.25) is 5.88 Å². The second-order valence-corrected chi connectivity index (χ2v) is 6.49. The molecule has 5 heteroatoms. The van der Waals surface area contributed by atoms with Gasteiger partial charge < -0.3 is 9.47 Å². The summed E-state index contributed by atoms with van der Waals surface area (Å²) in [6.45, 7) is 2.28. The standard InChI is InChI=1S/C21H20N2O3/c1-2-25-21(24)16-10-15(11-16)14-8-9-19-18(12-14)20(23-13-22-19)26-17-6-4-3-5-7-17/h3-9,12-13,15-16H,2,10-11H2,1H3. The predicted octanol–water partition coefficient (Wildman–Crippen LogP) is 4.48. The zero-order valence-electron chi connectivity index (χ0n) is 14.6. The second-order valence-electron chi connectivity index (χ2n) is 6.49. The number of benzene rings is 2. The van der Waals surface area contributed by atoms with Gasteiger partial charge in [-0.15, -0.1) is 0 Å². The minimum atomic E-state index is -0.0824. The molecule has 0 radical (unpaired) electrons. The molecule has 0 spiro atoms. The van der Waals surface area contributed by atoms with E-state index >= 15 is 0 Å². The Kier molecular flexibility index (Phi) is 4.52. The minimum absolute atomic E-state index is 0.0164. The van der Waals surface area contributed by atoms with E-state index < -0.39 is 0 Å². The van der Waals surface area contributed by atoms with Gasteiger partial charge in [0.25, 0.3) is 0 Å². The highest BCUT2D eigenvalue weighted by molar-refractivity contribution is 5.84. The Morgan fingerprint density at radius 1 is 1.12 bits per heavy atom. The highest BCUT2D eigenvalue weighted by atomic mass is 16.5. The van der Waals surface area contributed by atoms with Gasteiger partial charge in [-0.1, -0.05) is 24.3 Å². The normalized spacial score (nSPS) is 19.0. The van der Waals surface area contributed by atoms with Crippen LogP contribution in [0.5, 0.6) is 11.6 Å². The van der Waals surface area contributed by atoms with Crippen molar-refractivity contribution in [2.45, 2.75) is 25.7 Å². The van der Waals surface area contributed by atoms with Crippen LogP contribution in [0.2, 0.25) is 0 Å². The number of nitrogens with zero attached hydrogens (tertiary/aromatic N) is 2. The van der Waals surface area contributed by atoms with Crippen LogP contribution in [0.15, 0.2) is 54.9 Å². The van der Waals surface area contributed by atoms with Gasteiger partial charge in [-0.3, -0.25) is 4.79 Å². The number of hydrogen-bond donors (Lipinski definition) is 0. The number of esters is 1. The van der Waals surface area contributed by atoms with Crippen molar-refractivity contribution in [1.29, 1.82) is 0 Å². The van der Waals surface area contributed by atoms with Gasteiger partial charge in [0.15, 0.2) is 0 Å². The molecule has 5 nitrogen and oxygen atoms in total. The number of fused-ring (bicyclic) bond motifs is 1. The molecule has 0 atom stereocenters. The molecule has 1 aliphatic rings. The fourth-order valence-electron chi connectivity index (χ4n) is 3.33. The largest absolute Gasteiger partial charge is 0.466 e. The fraction of sp³-hybridized carbons (Fsp3) is 0.286. The number of ether oxygens (including phenoxy) is 2. The highest BCUT2D eigenvalue weighted by Gasteiger charge is 2.36. The molecule has 26 heavy (non-hydrogen) atoms. The minimum Gasteiger partial charge on any atom is -0.466 e. The molecule has 1 fully saturated rings. The Morgan fingerprint density at radius 2 is 1.92 bits per heavy atom. The zero-order chi connectivity index (χ0) is 17.9. The smallest absolute Gasteiger partial charge is 0.308 e. The van der Waals surface area contributed by atoms with Crippen LogP contribution in [-0.2, 0) is 9.53 Å². The summed E-state index contributed by atoms with van der Waals surface area (Å²) in [4.78, 5) is 20.4. The van der Waals surface area contributed by atoms with Crippen molar-refractivity contribution in [1.82, 2.24) is 9.97 Å². The Bertz CT molecular complexity index is 921. The van der Waals surface area contributed by atoms with E-state index in [9.17, 15) is 4.79 Å². The fourth-order valence-corrected chi connectivity index (χ4v) is 3.33. The molecule has 1 heterocycles. The number of carbonyl (C=O) groups is 1. The van der Waals surface area contributed by atoms with Crippen molar-refractivity contribution in [2.75, 3.05) is 6.61 Å². The molecular weight excluding hydrogens is 328 g/mol. The molecular formula is C21H20N2O3. The summed E-state index contributed by atoms with van der Waals surface area (Å²) in [6.07, 6.45) is 3.17. The highest BCUT2D eigenvalue weighted by Crippen LogP contribution is 2.43. The molecule has 0 unspecified atom stereocenters. The molecule has 2 aromatic carbocycles. The first-order valence-electron chi connectivity index (χ1n) is 8.88. The van der Waals surface area contributed by atoms with Gasteiger partial charge in [-0.05, 0) is 55.5 Å². The first kappa shape index (κ1) is 16.5. The molecule has 3 aromatic rings. The first-order valence-corrected chi connectivity index (χ1v) is 8.88. The number of aromatic nitrogens is 2. The Balaban J connectivity index is 1.57. The van der Waals surface area contributed by atoms with Gasteiger partial charge >= 0.3 is 5.97 Å². The van der Waals surface area contributed by atoms with E-state index in [1.807, 2.05) is 43.3 Å². The Hall–Kier alpha value is -2.95. The van der Waals surface area contributed by atoms with E-state index in [0.717, 1.165) is 29.5 Å². The van der Waals surface area contributed by atoms with Crippen LogP contribution < -0.4 is 4.74 Å². The van der Waals surface area contributed by atoms with Crippen LogP contribution in [-0.4, -0.2) is 22.5 Å². The summed E-state index contributed by atoms with van der Waals surface area (Å²) in [5, 5.41) is 0.883. The maximum Gasteiger partial charge on any atom is 0.308 e. The van der Waals surface area contributed by atoms with Crippen molar-refractivity contribution in [3.8, 4) is 11.6 Å². The molecule has 1 aliphatic carbocycles. The number of hydrogen-bond acceptors (Lipinski definition) is 5. The molecule has 0 amide bonds. The summed E-state index contributed by atoms with van der Waals surface area (Å²) in [5.74, 6) is 1.58. The van der Waals surface area contributed by atoms with Crippen LogP contribution in [0.3, 0.4) is 0 Å². The van der Waals surface area contributed by atoms with Gasteiger partial charge in [0.05, 0.1) is 23.4 Å². The molecule has 0 bridgehead atoms. The van der Waals surface area contributed by atoms with Gasteiger partial charge in [0.1, 0.15) is 12.1 Å². The summed E-state index contributed by atoms with van der Waals surface area (Å²) >= 11 is 0. The lowest BCUT2D eigenvalue weighted by molar-refractivity contribution is -0.151. The second kappa shape index (κ2) is 7.12. The average Bonchev–Trinajstić information content (AvgIpc) is 2.62. The van der Waals surface area contributed by atoms with E-state index in [-0.39, 0.29) is 11.9 Å². The van der Waals surface area contributed by atoms with Gasteiger partial charge in [-0.25, -0.2) is 9.97 Å². The van der Waals surface area contributed by atoms with Crippen molar-refractivity contribution in [3.05, 3.63) is 60.4 Å². The van der Waals surface area contributed by atoms with Gasteiger partial charge in [-0.2, -0.15) is 0 Å². The van der Waals surface area contributed by atoms with E-state index in [2.05, 4.69) is 22.1 Å². The van der Waals surface area contributed by atoms with Crippen LogP contribution in [0.4, 0.5) is 0 Å². The van der Waals surface area contributed by atoms with Crippen LogP contribution in [0.1, 0.15) is 31.2 Å². The molecule has 0 aliphatic heterocycles. The molecule has 1 aromatic heterocycles. The molecule has 0 N–H and O–H groups in total. The van der Waals surface area contributed by atoms with Gasteiger partial charge in [0, 0.05) is 0 Å². The quantitative estimate of drug-likeness (QED) is 0.636. The van der Waals surface area contributed by atoms with Crippen molar-refractivity contribution >= 4 is 16.9 Å². The molecule has 4 rings (SSSR count). The maximum absolute atomic E-state index is 11.8. The van der Waals surface area contributed by atoms with Crippen LogP contribution in [0.25, 0.3) is 10.9 Å². The van der Waals surface area contributed by atoms with E-state index in [4.69, 9.17) is 9.47 Å². The average molecular weight is 348 g/mol. The maximum atomic E-state index is 11.8. The summed E-state index contributed by atoms with van der Waals surface area (Å²) in [7, 11) is 0. The number of carbonyl (C=O) groups excluding carboxylic acids is 1. The summed E-state index contributed by atoms with van der Waals surface area (Å²) in [6, 6.07) is 15.7. The third-order valence-electron chi connectivity index (χ3n) is 4.81. The number of para-hydroxylation sites is 1. The molecule has 132 valence electrons. The Labute approximate surface area is 152 Å². The molecule has 0 saturated heterocycles. The lowest BCUT2D eigenvalue weighted by Gasteiger charge is -2.33. The third kappa shape index (κ3) is 3.25. The van der Waals surface area contributed by atoms with Crippen molar-refractivity contribution in [2.24, 2.45) is 5.92 Å².